The number of amides is 1. The topological polar surface area (TPSA) is 75.3 Å². The number of carbonyl (C=O) groups excluding carboxylic acids is 1. The predicted octanol–water partition coefficient (Wildman–Crippen LogP) is 9.17. The Balaban J connectivity index is 0.000000743. The number of hydrogen-bond acceptors (Lipinski definition) is 4. The summed E-state index contributed by atoms with van der Waals surface area (Å²) in [5.74, 6) is 1.95. The van der Waals surface area contributed by atoms with Crippen LogP contribution in [0.3, 0.4) is 0 Å². The number of hydrogen-bond donors (Lipinski definition) is 2. The van der Waals surface area contributed by atoms with Gasteiger partial charge in [-0.25, -0.2) is 8.42 Å². The van der Waals surface area contributed by atoms with Crippen molar-refractivity contribution in [2.45, 2.75) is 150 Å². The molecule has 1 aromatic rings. The lowest BCUT2D eigenvalue weighted by Crippen LogP contribution is -2.42. The van der Waals surface area contributed by atoms with Crippen molar-refractivity contribution in [3.05, 3.63) is 48.2 Å². The molecule has 42 heavy (non-hydrogen) atoms. The molecule has 0 bridgehead atoms. The second kappa shape index (κ2) is 22.7. The fourth-order valence-corrected chi connectivity index (χ4v) is 5.31. The summed E-state index contributed by atoms with van der Waals surface area (Å²) in [7, 11) is -3.17. The van der Waals surface area contributed by atoms with Gasteiger partial charge in [0.25, 0.3) is 0 Å². The molecule has 5 nitrogen and oxygen atoms in total. The Morgan fingerprint density at radius 2 is 1.55 bits per heavy atom. The summed E-state index contributed by atoms with van der Waals surface area (Å²) in [5.41, 5.74) is 1.90. The molecule has 2 fully saturated rings. The molecule has 244 valence electrons. The van der Waals surface area contributed by atoms with Gasteiger partial charge in [-0.15, -0.1) is 0 Å². The SMILES string of the molecule is C=C(CCS(=O)(=O)C(C)(C)C)NC(C)C(=O)NCCCCC1CC1.CC1CCCCC1.CCCC.Cc1ccccc1. The minimum atomic E-state index is -3.17. The molecule has 1 aromatic carbocycles. The van der Waals surface area contributed by atoms with Crippen molar-refractivity contribution in [3.8, 4) is 0 Å². The van der Waals surface area contributed by atoms with E-state index >= 15 is 0 Å². The monoisotopic (exact) mass is 606 g/mol. The van der Waals surface area contributed by atoms with Gasteiger partial charge in [0, 0.05) is 18.7 Å². The Bertz CT molecular complexity index is 926. The average Bonchev–Trinajstić information content (AvgIpc) is 3.77. The number of unbranched alkanes of at least 4 members (excludes halogenated alkanes) is 2. The van der Waals surface area contributed by atoms with Gasteiger partial charge in [-0.2, -0.15) is 0 Å². The standard InChI is InChI=1S/C18H34N2O3S.C7H14.C7H8.C4H10/c1-14(11-13-24(22,23)18(3,4)5)20-15(2)17(21)19-12-7-6-8-16-9-10-16;2*1-7-5-3-2-4-6-7;1-3-4-2/h15-16,20H,1,6-13H2,2-5H3,(H,19,21);7H,2-6H2,1H3;2-6H,1H3;3-4H2,1-2H3. The summed E-state index contributed by atoms with van der Waals surface area (Å²) in [6.07, 6.45) is 16.6. The van der Waals surface area contributed by atoms with Crippen LogP contribution in [-0.2, 0) is 14.6 Å². The molecule has 6 heteroatoms. The number of nitrogens with one attached hydrogen (secondary N) is 2. The maximum atomic E-state index is 12.1. The highest BCUT2D eigenvalue weighted by molar-refractivity contribution is 7.92. The fourth-order valence-electron chi connectivity index (χ4n) is 4.18. The Morgan fingerprint density at radius 1 is 0.976 bits per heavy atom. The molecule has 1 atom stereocenters. The molecule has 3 rings (SSSR count). The summed E-state index contributed by atoms with van der Waals surface area (Å²) >= 11 is 0. The zero-order valence-corrected chi connectivity index (χ0v) is 29.4. The molecular weight excluding hydrogens is 540 g/mol. The largest absolute Gasteiger partial charge is 0.378 e. The minimum absolute atomic E-state index is 0.0395. The molecule has 1 unspecified atom stereocenters. The Hall–Kier alpha value is -1.82. The van der Waals surface area contributed by atoms with Crippen molar-refractivity contribution < 1.29 is 13.2 Å². The van der Waals surface area contributed by atoms with Gasteiger partial charge in [0.15, 0.2) is 9.84 Å². The quantitative estimate of drug-likeness (QED) is 0.233. The van der Waals surface area contributed by atoms with Crippen LogP contribution in [0, 0.1) is 18.8 Å². The van der Waals surface area contributed by atoms with E-state index in [1.165, 1.54) is 76.2 Å². The first-order valence-corrected chi connectivity index (χ1v) is 18.3. The van der Waals surface area contributed by atoms with Gasteiger partial charge in [0.1, 0.15) is 6.04 Å². The van der Waals surface area contributed by atoms with Gasteiger partial charge in [-0.05, 0) is 52.9 Å². The van der Waals surface area contributed by atoms with Crippen LogP contribution >= 0.6 is 0 Å². The van der Waals surface area contributed by atoms with E-state index in [9.17, 15) is 13.2 Å². The minimum Gasteiger partial charge on any atom is -0.378 e. The van der Waals surface area contributed by atoms with Crippen LogP contribution < -0.4 is 10.6 Å². The summed E-state index contributed by atoms with van der Waals surface area (Å²) in [4.78, 5) is 12.0. The summed E-state index contributed by atoms with van der Waals surface area (Å²) < 4.78 is 23.4. The first-order valence-electron chi connectivity index (χ1n) is 16.7. The van der Waals surface area contributed by atoms with Crippen molar-refractivity contribution in [1.29, 1.82) is 0 Å². The molecule has 2 N–H and O–H groups in total. The van der Waals surface area contributed by atoms with Crippen molar-refractivity contribution in [2.75, 3.05) is 12.3 Å². The van der Waals surface area contributed by atoms with Crippen LogP contribution in [0.5, 0.6) is 0 Å². The fraction of sp³-hybridized carbons (Fsp3) is 0.750. The van der Waals surface area contributed by atoms with Crippen LogP contribution in [-0.4, -0.2) is 37.4 Å². The number of benzene rings is 1. The highest BCUT2D eigenvalue weighted by atomic mass is 32.2. The molecular formula is C36H66N2O3S. The van der Waals surface area contributed by atoms with Crippen molar-refractivity contribution >= 4 is 15.7 Å². The highest BCUT2D eigenvalue weighted by Crippen LogP contribution is 2.33. The number of allylic oxidation sites excluding steroid dienone is 1. The van der Waals surface area contributed by atoms with E-state index in [1.54, 1.807) is 27.7 Å². The van der Waals surface area contributed by atoms with Gasteiger partial charge < -0.3 is 10.6 Å². The molecule has 0 heterocycles. The van der Waals surface area contributed by atoms with E-state index in [0.29, 0.717) is 18.7 Å². The van der Waals surface area contributed by atoms with E-state index in [0.717, 1.165) is 18.3 Å². The Kier molecular flexibility index (Phi) is 21.7. The second-order valence-corrected chi connectivity index (χ2v) is 16.1. The third-order valence-corrected chi connectivity index (χ3v) is 10.4. The zero-order valence-electron chi connectivity index (χ0n) is 28.6. The maximum absolute atomic E-state index is 12.1. The molecule has 2 saturated carbocycles. The first kappa shape index (κ1) is 40.2. The smallest absolute Gasteiger partial charge is 0.242 e. The molecule has 1 amide bonds. The molecule has 0 spiro atoms. The van der Waals surface area contributed by atoms with Crippen LogP contribution in [0.4, 0.5) is 0 Å². The molecule has 2 aliphatic carbocycles. The average molecular weight is 607 g/mol. The van der Waals surface area contributed by atoms with E-state index in [-0.39, 0.29) is 11.7 Å². The van der Waals surface area contributed by atoms with E-state index < -0.39 is 20.6 Å². The van der Waals surface area contributed by atoms with Gasteiger partial charge in [0.05, 0.1) is 10.5 Å². The van der Waals surface area contributed by atoms with Crippen LogP contribution in [0.1, 0.15) is 138 Å². The number of sulfone groups is 1. The van der Waals surface area contributed by atoms with Gasteiger partial charge >= 0.3 is 0 Å². The first-order chi connectivity index (χ1) is 19.7. The highest BCUT2D eigenvalue weighted by Gasteiger charge is 2.28. The third-order valence-electron chi connectivity index (χ3n) is 7.79. The summed E-state index contributed by atoms with van der Waals surface area (Å²) in [6, 6.07) is 9.86. The summed E-state index contributed by atoms with van der Waals surface area (Å²) in [5, 5.41) is 5.92. The molecule has 0 saturated heterocycles. The van der Waals surface area contributed by atoms with E-state index in [1.807, 2.05) is 18.2 Å². The van der Waals surface area contributed by atoms with Crippen LogP contribution in [0.15, 0.2) is 42.6 Å². The number of aryl methyl sites for hydroxylation is 1. The normalized spacial score (nSPS) is 15.8. The predicted molar refractivity (Wildman–Crippen MR) is 183 cm³/mol. The zero-order chi connectivity index (χ0) is 32.0. The Labute approximate surface area is 261 Å². The van der Waals surface area contributed by atoms with Gasteiger partial charge in [0.2, 0.25) is 5.91 Å². The second-order valence-electron chi connectivity index (χ2n) is 13.3. The summed E-state index contributed by atoms with van der Waals surface area (Å²) in [6.45, 7) is 20.2. The van der Waals surface area contributed by atoms with Gasteiger partial charge in [-0.3, -0.25) is 4.79 Å². The molecule has 0 aromatic heterocycles. The lowest BCUT2D eigenvalue weighted by molar-refractivity contribution is -0.122. The van der Waals surface area contributed by atoms with Crippen molar-refractivity contribution in [1.82, 2.24) is 10.6 Å². The van der Waals surface area contributed by atoms with Crippen molar-refractivity contribution in [2.24, 2.45) is 11.8 Å². The molecule has 0 radical (unpaired) electrons. The van der Waals surface area contributed by atoms with Gasteiger partial charge in [-0.1, -0.05) is 134 Å². The van der Waals surface area contributed by atoms with E-state index in [2.05, 4.69) is 57.0 Å². The lowest BCUT2D eigenvalue weighted by Gasteiger charge is -2.21. The Morgan fingerprint density at radius 3 is 1.95 bits per heavy atom. The maximum Gasteiger partial charge on any atom is 0.242 e. The van der Waals surface area contributed by atoms with E-state index in [4.69, 9.17) is 0 Å². The van der Waals surface area contributed by atoms with Crippen molar-refractivity contribution in [3.63, 3.8) is 0 Å². The number of rotatable bonds is 12. The van der Waals surface area contributed by atoms with Crippen LogP contribution in [0.2, 0.25) is 0 Å². The number of carbonyl (C=O) groups is 1. The molecule has 2 aliphatic rings. The van der Waals surface area contributed by atoms with Crippen LogP contribution in [0.25, 0.3) is 0 Å². The lowest BCUT2D eigenvalue weighted by atomic mass is 9.91. The third kappa shape index (κ3) is 21.8. The molecule has 0 aliphatic heterocycles.